The van der Waals surface area contributed by atoms with Crippen molar-refractivity contribution < 1.29 is 9.90 Å². The molecular formula is C14H9IN2O2. The molecule has 94 valence electrons. The number of carbonyl (C=O) groups is 1. The summed E-state index contributed by atoms with van der Waals surface area (Å²) in [6.07, 6.45) is 1.71. The van der Waals surface area contributed by atoms with Crippen LogP contribution in [0.1, 0.15) is 10.4 Å². The molecule has 0 amide bonds. The van der Waals surface area contributed by atoms with E-state index in [1.54, 1.807) is 24.5 Å². The number of hydrogen-bond donors (Lipinski definition) is 1. The van der Waals surface area contributed by atoms with Gasteiger partial charge in [0.25, 0.3) is 0 Å². The summed E-state index contributed by atoms with van der Waals surface area (Å²) in [7, 11) is 0. The molecule has 0 saturated heterocycles. The maximum absolute atomic E-state index is 11.0. The number of benzene rings is 2. The summed E-state index contributed by atoms with van der Waals surface area (Å²) in [4.78, 5) is 15.3. The van der Waals surface area contributed by atoms with E-state index in [1.807, 2.05) is 28.8 Å². The lowest BCUT2D eigenvalue weighted by atomic mass is 10.2. The van der Waals surface area contributed by atoms with E-state index in [0.717, 1.165) is 20.3 Å². The zero-order chi connectivity index (χ0) is 13.4. The Morgan fingerprint density at radius 3 is 2.79 bits per heavy atom. The highest BCUT2D eigenvalue weighted by atomic mass is 127. The molecule has 0 aliphatic heterocycles. The number of carboxylic acids is 1. The van der Waals surface area contributed by atoms with Crippen LogP contribution in [0.2, 0.25) is 0 Å². The molecule has 3 rings (SSSR count). The van der Waals surface area contributed by atoms with Crippen molar-refractivity contribution in [1.82, 2.24) is 9.55 Å². The first-order chi connectivity index (χ1) is 9.15. The lowest BCUT2D eigenvalue weighted by Crippen LogP contribution is -1.97. The Kier molecular flexibility index (Phi) is 2.98. The second-order valence-corrected chi connectivity index (χ2v) is 5.35. The zero-order valence-electron chi connectivity index (χ0n) is 9.75. The molecule has 19 heavy (non-hydrogen) atoms. The number of nitrogens with zero attached hydrogens (tertiary/aromatic N) is 2. The number of hydrogen-bond acceptors (Lipinski definition) is 2. The smallest absolute Gasteiger partial charge is 0.335 e. The van der Waals surface area contributed by atoms with Crippen molar-refractivity contribution in [2.45, 2.75) is 0 Å². The molecule has 1 N–H and O–H groups in total. The third kappa shape index (κ3) is 2.21. The number of aromatic carboxylic acids is 1. The first kappa shape index (κ1) is 12.2. The highest BCUT2D eigenvalue weighted by Crippen LogP contribution is 2.20. The largest absolute Gasteiger partial charge is 0.478 e. The van der Waals surface area contributed by atoms with Crippen molar-refractivity contribution in [2.75, 3.05) is 0 Å². The average molecular weight is 364 g/mol. The summed E-state index contributed by atoms with van der Waals surface area (Å²) >= 11 is 2.24. The summed E-state index contributed by atoms with van der Waals surface area (Å²) < 4.78 is 3.01. The highest BCUT2D eigenvalue weighted by Gasteiger charge is 2.09. The Hall–Kier alpha value is -1.89. The third-order valence-corrected chi connectivity index (χ3v) is 3.55. The molecule has 2 aromatic carbocycles. The maximum Gasteiger partial charge on any atom is 0.335 e. The fourth-order valence-electron chi connectivity index (χ4n) is 1.97. The van der Waals surface area contributed by atoms with E-state index >= 15 is 0 Å². The topological polar surface area (TPSA) is 55.1 Å². The first-order valence-electron chi connectivity index (χ1n) is 5.61. The molecule has 0 bridgehead atoms. The Morgan fingerprint density at radius 1 is 1.21 bits per heavy atom. The minimum Gasteiger partial charge on any atom is -0.478 e. The van der Waals surface area contributed by atoms with Crippen molar-refractivity contribution in [3.8, 4) is 5.69 Å². The Labute approximate surface area is 122 Å². The van der Waals surface area contributed by atoms with Gasteiger partial charge in [-0.2, -0.15) is 0 Å². The number of fused-ring (bicyclic) bond motifs is 1. The fourth-order valence-corrected chi connectivity index (χ4v) is 2.50. The molecule has 1 heterocycles. The molecule has 0 atom stereocenters. The summed E-state index contributed by atoms with van der Waals surface area (Å²) in [6, 6.07) is 12.9. The number of aromatic nitrogens is 2. The Bertz CT molecular complexity index is 780. The molecule has 0 aliphatic carbocycles. The van der Waals surface area contributed by atoms with Gasteiger partial charge in [-0.15, -0.1) is 0 Å². The predicted octanol–water partition coefficient (Wildman–Crippen LogP) is 3.33. The van der Waals surface area contributed by atoms with Crippen LogP contribution < -0.4 is 0 Å². The van der Waals surface area contributed by atoms with Crippen molar-refractivity contribution in [3.63, 3.8) is 0 Å². The standard InChI is InChI=1S/C14H9IN2O2/c15-10-2-1-3-11(7-10)17-8-16-12-5-4-9(14(18)19)6-13(12)17/h1-8H,(H,18,19). The summed E-state index contributed by atoms with van der Waals surface area (Å²) in [5.41, 5.74) is 2.81. The number of rotatable bonds is 2. The van der Waals surface area contributed by atoms with Gasteiger partial charge in [-0.05, 0) is 59.0 Å². The van der Waals surface area contributed by atoms with E-state index in [2.05, 4.69) is 27.6 Å². The first-order valence-corrected chi connectivity index (χ1v) is 6.69. The fraction of sp³-hybridized carbons (Fsp3) is 0. The van der Waals surface area contributed by atoms with Gasteiger partial charge in [-0.1, -0.05) is 6.07 Å². The Morgan fingerprint density at radius 2 is 2.05 bits per heavy atom. The molecule has 4 nitrogen and oxygen atoms in total. The molecule has 0 aliphatic rings. The molecule has 0 spiro atoms. The molecule has 3 aromatic rings. The van der Waals surface area contributed by atoms with Gasteiger partial charge < -0.3 is 5.11 Å². The van der Waals surface area contributed by atoms with Gasteiger partial charge in [-0.25, -0.2) is 9.78 Å². The van der Waals surface area contributed by atoms with E-state index in [4.69, 9.17) is 5.11 Å². The summed E-state index contributed by atoms with van der Waals surface area (Å²) in [6.45, 7) is 0. The van der Waals surface area contributed by atoms with Gasteiger partial charge in [-0.3, -0.25) is 4.57 Å². The van der Waals surface area contributed by atoms with Crippen LogP contribution in [0.25, 0.3) is 16.7 Å². The van der Waals surface area contributed by atoms with Crippen molar-refractivity contribution in [3.05, 3.63) is 57.9 Å². The van der Waals surface area contributed by atoms with E-state index in [1.165, 1.54) is 0 Å². The molecule has 0 radical (unpaired) electrons. The van der Waals surface area contributed by atoms with Gasteiger partial charge in [0.1, 0.15) is 6.33 Å². The molecule has 0 fully saturated rings. The highest BCUT2D eigenvalue weighted by molar-refractivity contribution is 14.1. The van der Waals surface area contributed by atoms with Crippen LogP contribution in [0, 0.1) is 3.57 Å². The van der Waals surface area contributed by atoms with Gasteiger partial charge in [0, 0.05) is 9.26 Å². The van der Waals surface area contributed by atoms with Crippen LogP contribution in [-0.4, -0.2) is 20.6 Å². The molecule has 5 heteroatoms. The van der Waals surface area contributed by atoms with Crippen molar-refractivity contribution in [2.24, 2.45) is 0 Å². The van der Waals surface area contributed by atoms with Gasteiger partial charge >= 0.3 is 5.97 Å². The van der Waals surface area contributed by atoms with E-state index < -0.39 is 5.97 Å². The van der Waals surface area contributed by atoms with Crippen LogP contribution in [-0.2, 0) is 0 Å². The minimum absolute atomic E-state index is 0.264. The van der Waals surface area contributed by atoms with Crippen LogP contribution >= 0.6 is 22.6 Å². The van der Waals surface area contributed by atoms with Crippen LogP contribution in [0.3, 0.4) is 0 Å². The van der Waals surface area contributed by atoms with Crippen molar-refractivity contribution >= 4 is 39.6 Å². The van der Waals surface area contributed by atoms with E-state index in [-0.39, 0.29) is 5.56 Å². The number of imidazole rings is 1. The lowest BCUT2D eigenvalue weighted by Gasteiger charge is -2.05. The summed E-state index contributed by atoms with van der Waals surface area (Å²) in [5.74, 6) is -0.933. The molecule has 0 saturated carbocycles. The second-order valence-electron chi connectivity index (χ2n) is 4.10. The normalized spacial score (nSPS) is 10.8. The van der Waals surface area contributed by atoms with Crippen molar-refractivity contribution in [1.29, 1.82) is 0 Å². The maximum atomic E-state index is 11.0. The number of halogens is 1. The van der Waals surface area contributed by atoms with Crippen LogP contribution in [0.4, 0.5) is 0 Å². The molecule has 0 unspecified atom stereocenters. The monoisotopic (exact) mass is 364 g/mol. The SMILES string of the molecule is O=C(O)c1ccc2ncn(-c3cccc(I)c3)c2c1. The lowest BCUT2D eigenvalue weighted by molar-refractivity contribution is 0.0697. The minimum atomic E-state index is -0.933. The molecular weight excluding hydrogens is 355 g/mol. The number of carboxylic acid groups (broad SMARTS) is 1. The van der Waals surface area contributed by atoms with Gasteiger partial charge in [0.05, 0.1) is 16.6 Å². The van der Waals surface area contributed by atoms with Crippen LogP contribution in [0.15, 0.2) is 48.8 Å². The van der Waals surface area contributed by atoms with Gasteiger partial charge in [0.15, 0.2) is 0 Å². The average Bonchev–Trinajstić information content (AvgIpc) is 2.81. The molecule has 1 aromatic heterocycles. The zero-order valence-corrected chi connectivity index (χ0v) is 11.9. The van der Waals surface area contributed by atoms with E-state index in [0.29, 0.717) is 0 Å². The van der Waals surface area contributed by atoms with Gasteiger partial charge in [0.2, 0.25) is 0 Å². The van der Waals surface area contributed by atoms with Crippen LogP contribution in [0.5, 0.6) is 0 Å². The predicted molar refractivity (Wildman–Crippen MR) is 80.7 cm³/mol. The quantitative estimate of drug-likeness (QED) is 0.710. The van der Waals surface area contributed by atoms with E-state index in [9.17, 15) is 4.79 Å². The third-order valence-electron chi connectivity index (χ3n) is 2.88. The second kappa shape index (κ2) is 4.65. The Balaban J connectivity index is 2.24. The summed E-state index contributed by atoms with van der Waals surface area (Å²) in [5, 5.41) is 9.06.